The van der Waals surface area contributed by atoms with E-state index in [1.807, 2.05) is 6.07 Å². The van der Waals surface area contributed by atoms with Crippen LogP contribution in [0.2, 0.25) is 0 Å². The molecule has 0 radical (unpaired) electrons. The molecule has 2 aromatic carbocycles. The number of benzene rings is 2. The van der Waals surface area contributed by atoms with E-state index in [9.17, 15) is 0 Å². The van der Waals surface area contributed by atoms with Gasteiger partial charge in [-0.05, 0) is 35.4 Å². The van der Waals surface area contributed by atoms with Crippen molar-refractivity contribution in [3.05, 3.63) is 42.0 Å². The van der Waals surface area contributed by atoms with Crippen molar-refractivity contribution in [3.63, 3.8) is 0 Å². The van der Waals surface area contributed by atoms with Gasteiger partial charge < -0.3 is 4.74 Å². The minimum absolute atomic E-state index is 0.393. The van der Waals surface area contributed by atoms with Gasteiger partial charge in [-0.2, -0.15) is 0 Å². The van der Waals surface area contributed by atoms with Gasteiger partial charge in [-0.1, -0.05) is 40.2 Å². The SMILES string of the molecule is COc1ccc2cc([C@H](C)Br)ccc2c1. The maximum absolute atomic E-state index is 5.19. The van der Waals surface area contributed by atoms with Crippen molar-refractivity contribution in [2.24, 2.45) is 0 Å². The smallest absolute Gasteiger partial charge is 0.119 e. The van der Waals surface area contributed by atoms with Gasteiger partial charge in [-0.25, -0.2) is 0 Å². The Labute approximate surface area is 98.2 Å². The second-order valence-corrected chi connectivity index (χ2v) is 4.96. The molecule has 78 valence electrons. The zero-order valence-corrected chi connectivity index (χ0v) is 10.4. The first-order valence-corrected chi connectivity index (χ1v) is 5.84. The molecule has 0 fully saturated rings. The lowest BCUT2D eigenvalue weighted by Gasteiger charge is -2.06. The van der Waals surface area contributed by atoms with Crippen LogP contribution in [0.15, 0.2) is 36.4 Å². The van der Waals surface area contributed by atoms with Gasteiger partial charge in [0.2, 0.25) is 0 Å². The second-order valence-electron chi connectivity index (χ2n) is 3.59. The number of hydrogen-bond donors (Lipinski definition) is 0. The zero-order chi connectivity index (χ0) is 10.8. The number of methoxy groups -OCH3 is 1. The van der Waals surface area contributed by atoms with Crippen LogP contribution < -0.4 is 4.74 Å². The van der Waals surface area contributed by atoms with Gasteiger partial charge in [-0.3, -0.25) is 0 Å². The van der Waals surface area contributed by atoms with E-state index in [0.717, 1.165) is 5.75 Å². The van der Waals surface area contributed by atoms with Crippen molar-refractivity contribution in [1.29, 1.82) is 0 Å². The predicted octanol–water partition coefficient (Wildman–Crippen LogP) is 4.30. The number of rotatable bonds is 2. The topological polar surface area (TPSA) is 9.23 Å². The molecule has 0 spiro atoms. The Morgan fingerprint density at radius 1 is 1.07 bits per heavy atom. The molecule has 0 unspecified atom stereocenters. The third-order valence-electron chi connectivity index (χ3n) is 2.53. The molecule has 1 nitrogen and oxygen atoms in total. The van der Waals surface area contributed by atoms with E-state index in [2.05, 4.69) is 53.2 Å². The van der Waals surface area contributed by atoms with E-state index < -0.39 is 0 Å². The molecule has 0 N–H and O–H groups in total. The Morgan fingerprint density at radius 3 is 2.40 bits per heavy atom. The first kappa shape index (κ1) is 10.5. The minimum Gasteiger partial charge on any atom is -0.497 e. The molecule has 0 aliphatic heterocycles. The molecule has 0 heterocycles. The Kier molecular flexibility index (Phi) is 2.96. The third-order valence-corrected chi connectivity index (χ3v) is 3.06. The molecule has 0 saturated heterocycles. The van der Waals surface area contributed by atoms with Crippen molar-refractivity contribution in [3.8, 4) is 5.75 Å². The fraction of sp³-hybridized carbons (Fsp3) is 0.231. The first-order valence-electron chi connectivity index (χ1n) is 4.92. The Balaban J connectivity index is 2.55. The van der Waals surface area contributed by atoms with Crippen LogP contribution in [-0.4, -0.2) is 7.11 Å². The Morgan fingerprint density at radius 2 is 1.73 bits per heavy atom. The van der Waals surface area contributed by atoms with E-state index in [1.54, 1.807) is 7.11 Å². The van der Waals surface area contributed by atoms with Gasteiger partial charge in [0.1, 0.15) is 5.75 Å². The van der Waals surface area contributed by atoms with Crippen LogP contribution >= 0.6 is 15.9 Å². The van der Waals surface area contributed by atoms with Crippen molar-refractivity contribution in [2.75, 3.05) is 7.11 Å². The molecule has 0 amide bonds. The number of halogens is 1. The normalized spacial score (nSPS) is 12.7. The molecular formula is C13H13BrO. The highest BCUT2D eigenvalue weighted by Crippen LogP contribution is 2.27. The van der Waals surface area contributed by atoms with Crippen molar-refractivity contribution >= 4 is 26.7 Å². The summed E-state index contributed by atoms with van der Waals surface area (Å²) < 4.78 is 5.19. The van der Waals surface area contributed by atoms with Crippen LogP contribution in [0.4, 0.5) is 0 Å². The summed E-state index contributed by atoms with van der Waals surface area (Å²) in [5, 5.41) is 2.46. The number of ether oxygens (including phenoxy) is 1. The summed E-state index contributed by atoms with van der Waals surface area (Å²) in [5.41, 5.74) is 1.30. The molecule has 0 aliphatic carbocycles. The summed E-state index contributed by atoms with van der Waals surface area (Å²) in [7, 11) is 1.69. The summed E-state index contributed by atoms with van der Waals surface area (Å²) in [5.74, 6) is 0.905. The summed E-state index contributed by atoms with van der Waals surface area (Å²) in [6.07, 6.45) is 0. The lowest BCUT2D eigenvalue weighted by atomic mass is 10.1. The second kappa shape index (κ2) is 4.23. The molecule has 0 saturated carbocycles. The number of fused-ring (bicyclic) bond motifs is 1. The molecule has 0 bridgehead atoms. The van der Waals surface area contributed by atoms with Gasteiger partial charge in [0, 0.05) is 4.83 Å². The highest BCUT2D eigenvalue weighted by molar-refractivity contribution is 9.09. The lowest BCUT2D eigenvalue weighted by Crippen LogP contribution is -1.85. The molecular weight excluding hydrogens is 252 g/mol. The van der Waals surface area contributed by atoms with Crippen LogP contribution in [0.3, 0.4) is 0 Å². The van der Waals surface area contributed by atoms with Crippen LogP contribution in [0.5, 0.6) is 5.75 Å². The van der Waals surface area contributed by atoms with Gasteiger partial charge in [0.25, 0.3) is 0 Å². The molecule has 0 aliphatic rings. The molecule has 0 aromatic heterocycles. The summed E-state index contributed by atoms with van der Waals surface area (Å²) in [6, 6.07) is 12.6. The van der Waals surface area contributed by atoms with Crippen LogP contribution in [0.1, 0.15) is 17.3 Å². The summed E-state index contributed by atoms with van der Waals surface area (Å²) >= 11 is 3.57. The highest BCUT2D eigenvalue weighted by Gasteiger charge is 2.02. The van der Waals surface area contributed by atoms with Crippen LogP contribution in [0, 0.1) is 0 Å². The molecule has 1 atom stereocenters. The molecule has 15 heavy (non-hydrogen) atoms. The molecule has 2 rings (SSSR count). The van der Waals surface area contributed by atoms with E-state index >= 15 is 0 Å². The fourth-order valence-electron chi connectivity index (χ4n) is 1.62. The average Bonchev–Trinajstić information content (AvgIpc) is 2.27. The average molecular weight is 265 g/mol. The maximum atomic E-state index is 5.19. The van der Waals surface area contributed by atoms with Crippen LogP contribution in [-0.2, 0) is 0 Å². The van der Waals surface area contributed by atoms with E-state index in [0.29, 0.717) is 4.83 Å². The largest absolute Gasteiger partial charge is 0.497 e. The minimum atomic E-state index is 0.393. The zero-order valence-electron chi connectivity index (χ0n) is 8.83. The van der Waals surface area contributed by atoms with Gasteiger partial charge in [-0.15, -0.1) is 0 Å². The van der Waals surface area contributed by atoms with Crippen LogP contribution in [0.25, 0.3) is 10.8 Å². The first-order chi connectivity index (χ1) is 7.20. The Hall–Kier alpha value is -1.02. The monoisotopic (exact) mass is 264 g/mol. The lowest BCUT2D eigenvalue weighted by molar-refractivity contribution is 0.415. The van der Waals surface area contributed by atoms with E-state index in [-0.39, 0.29) is 0 Å². The summed E-state index contributed by atoms with van der Waals surface area (Å²) in [4.78, 5) is 0.393. The van der Waals surface area contributed by atoms with Crippen molar-refractivity contribution < 1.29 is 4.74 Å². The van der Waals surface area contributed by atoms with E-state index in [4.69, 9.17) is 4.74 Å². The van der Waals surface area contributed by atoms with Gasteiger partial charge in [0.15, 0.2) is 0 Å². The number of alkyl halides is 1. The third kappa shape index (κ3) is 2.15. The number of hydrogen-bond acceptors (Lipinski definition) is 1. The van der Waals surface area contributed by atoms with Crippen molar-refractivity contribution in [2.45, 2.75) is 11.8 Å². The van der Waals surface area contributed by atoms with Crippen molar-refractivity contribution in [1.82, 2.24) is 0 Å². The standard InChI is InChI=1S/C13H13BrO/c1-9(14)10-3-4-12-8-13(15-2)6-5-11(12)7-10/h3-9H,1-2H3/t9-/m0/s1. The van der Waals surface area contributed by atoms with Gasteiger partial charge >= 0.3 is 0 Å². The molecule has 2 aromatic rings. The summed E-state index contributed by atoms with van der Waals surface area (Å²) in [6.45, 7) is 2.13. The quantitative estimate of drug-likeness (QED) is 0.735. The maximum Gasteiger partial charge on any atom is 0.119 e. The predicted molar refractivity (Wildman–Crippen MR) is 67.8 cm³/mol. The van der Waals surface area contributed by atoms with E-state index in [1.165, 1.54) is 16.3 Å². The molecule has 2 heteroatoms. The fourth-order valence-corrected chi connectivity index (χ4v) is 1.90. The highest BCUT2D eigenvalue weighted by atomic mass is 79.9. The Bertz CT molecular complexity index is 477. The van der Waals surface area contributed by atoms with Gasteiger partial charge in [0.05, 0.1) is 7.11 Å².